The summed E-state index contributed by atoms with van der Waals surface area (Å²) in [6, 6.07) is 15.8. The number of fused-ring (bicyclic) bond motifs is 2. The lowest BCUT2D eigenvalue weighted by atomic mass is 10.2. The highest BCUT2D eigenvalue weighted by Crippen LogP contribution is 2.24. The fraction of sp³-hybridized carbons (Fsp3) is 0.0833. The van der Waals surface area contributed by atoms with Crippen LogP contribution < -0.4 is 5.32 Å². The minimum Gasteiger partial charge on any atom is -0.332 e. The molecular weight excluding hydrogens is 398 g/mol. The van der Waals surface area contributed by atoms with Crippen molar-refractivity contribution in [1.29, 1.82) is 0 Å². The zero-order valence-corrected chi connectivity index (χ0v) is 16.6. The molecule has 0 aliphatic heterocycles. The van der Waals surface area contributed by atoms with E-state index in [1.807, 2.05) is 23.7 Å². The van der Waals surface area contributed by atoms with Crippen LogP contribution in [0.1, 0.15) is 21.7 Å². The molecule has 0 saturated heterocycles. The Hall–Kier alpha value is -4.00. The van der Waals surface area contributed by atoms with Gasteiger partial charge in [0, 0.05) is 41.6 Å². The van der Waals surface area contributed by atoms with Crippen LogP contribution >= 0.6 is 0 Å². The van der Waals surface area contributed by atoms with Gasteiger partial charge in [0.1, 0.15) is 23.0 Å². The zero-order valence-electron chi connectivity index (χ0n) is 16.6. The van der Waals surface area contributed by atoms with Gasteiger partial charge in [-0.2, -0.15) is 0 Å². The molecule has 2 aromatic carbocycles. The van der Waals surface area contributed by atoms with Crippen LogP contribution in [-0.2, 0) is 6.54 Å². The van der Waals surface area contributed by atoms with E-state index in [-0.39, 0.29) is 24.1 Å². The SMILES string of the molecule is Cc1cn2ccc(NC(=O)c3cc4cc(F)ccc4n3Cc3cccc(F)c3)cc2n1. The van der Waals surface area contributed by atoms with Gasteiger partial charge in [0.2, 0.25) is 0 Å². The molecule has 0 fully saturated rings. The third-order valence-corrected chi connectivity index (χ3v) is 5.16. The molecule has 0 bridgehead atoms. The van der Waals surface area contributed by atoms with Gasteiger partial charge in [-0.1, -0.05) is 12.1 Å². The summed E-state index contributed by atoms with van der Waals surface area (Å²) in [6.45, 7) is 2.17. The van der Waals surface area contributed by atoms with E-state index in [2.05, 4.69) is 10.3 Å². The van der Waals surface area contributed by atoms with Gasteiger partial charge in [-0.25, -0.2) is 13.8 Å². The van der Waals surface area contributed by atoms with Crippen molar-refractivity contribution in [1.82, 2.24) is 14.0 Å². The van der Waals surface area contributed by atoms with E-state index in [4.69, 9.17) is 0 Å². The minimum absolute atomic E-state index is 0.272. The highest BCUT2D eigenvalue weighted by molar-refractivity contribution is 6.06. The largest absolute Gasteiger partial charge is 0.332 e. The van der Waals surface area contributed by atoms with Crippen molar-refractivity contribution in [3.8, 4) is 0 Å². The number of halogens is 2. The topological polar surface area (TPSA) is 51.3 Å². The Morgan fingerprint density at radius 3 is 2.71 bits per heavy atom. The number of hydrogen-bond acceptors (Lipinski definition) is 2. The quantitative estimate of drug-likeness (QED) is 0.439. The van der Waals surface area contributed by atoms with Crippen molar-refractivity contribution >= 4 is 28.1 Å². The first-order valence-electron chi connectivity index (χ1n) is 9.76. The van der Waals surface area contributed by atoms with Crippen LogP contribution in [-0.4, -0.2) is 19.9 Å². The van der Waals surface area contributed by atoms with Gasteiger partial charge in [-0.05, 0) is 55.0 Å². The second-order valence-electron chi connectivity index (χ2n) is 7.47. The van der Waals surface area contributed by atoms with E-state index in [9.17, 15) is 13.6 Å². The van der Waals surface area contributed by atoms with Gasteiger partial charge >= 0.3 is 0 Å². The van der Waals surface area contributed by atoms with E-state index in [1.165, 1.54) is 24.3 Å². The van der Waals surface area contributed by atoms with Crippen molar-refractivity contribution in [2.24, 2.45) is 0 Å². The average Bonchev–Trinajstić information content (AvgIpc) is 3.27. The third-order valence-electron chi connectivity index (χ3n) is 5.16. The van der Waals surface area contributed by atoms with Crippen LogP contribution in [0.4, 0.5) is 14.5 Å². The van der Waals surface area contributed by atoms with E-state index in [1.54, 1.807) is 41.0 Å². The average molecular weight is 416 g/mol. The molecule has 1 N–H and O–H groups in total. The van der Waals surface area contributed by atoms with Crippen LogP contribution in [0.25, 0.3) is 16.6 Å². The Morgan fingerprint density at radius 1 is 1.03 bits per heavy atom. The Morgan fingerprint density at radius 2 is 1.87 bits per heavy atom. The number of hydrogen-bond donors (Lipinski definition) is 1. The minimum atomic E-state index is -0.387. The standard InChI is InChI=1S/C24H18F2N4O/c1-15-13-29-8-7-20(12-23(29)27-15)28-24(31)22-11-17-10-19(26)5-6-21(17)30(22)14-16-3-2-4-18(25)9-16/h2-13H,14H2,1H3,(H,28,31). The van der Waals surface area contributed by atoms with Crippen molar-refractivity contribution in [3.63, 3.8) is 0 Å². The number of amides is 1. The summed E-state index contributed by atoms with van der Waals surface area (Å²) in [5.74, 6) is -1.09. The zero-order chi connectivity index (χ0) is 21.5. The second-order valence-corrected chi connectivity index (χ2v) is 7.47. The van der Waals surface area contributed by atoms with E-state index in [0.29, 0.717) is 27.8 Å². The molecule has 0 unspecified atom stereocenters. The first-order valence-corrected chi connectivity index (χ1v) is 9.76. The second kappa shape index (κ2) is 7.36. The van der Waals surface area contributed by atoms with Crippen LogP contribution in [0, 0.1) is 18.6 Å². The molecule has 5 aromatic rings. The summed E-state index contributed by atoms with van der Waals surface area (Å²) >= 11 is 0. The number of anilines is 1. The third kappa shape index (κ3) is 3.66. The summed E-state index contributed by atoms with van der Waals surface area (Å²) in [7, 11) is 0. The number of rotatable bonds is 4. The molecule has 0 saturated carbocycles. The van der Waals surface area contributed by atoms with Gasteiger partial charge in [0.15, 0.2) is 0 Å². The number of carbonyl (C=O) groups excluding carboxylic acids is 1. The van der Waals surface area contributed by atoms with Gasteiger partial charge < -0.3 is 14.3 Å². The van der Waals surface area contributed by atoms with Crippen molar-refractivity contribution in [3.05, 3.63) is 102 Å². The Balaban J connectivity index is 1.54. The molecule has 5 rings (SSSR count). The number of imidazole rings is 1. The molecule has 7 heteroatoms. The number of aromatic nitrogens is 3. The number of pyridine rings is 1. The molecule has 0 aliphatic carbocycles. The van der Waals surface area contributed by atoms with Gasteiger partial charge in [0.05, 0.1) is 5.69 Å². The number of aryl methyl sites for hydroxylation is 1. The van der Waals surface area contributed by atoms with Crippen molar-refractivity contribution in [2.45, 2.75) is 13.5 Å². The molecule has 0 spiro atoms. The maximum absolute atomic E-state index is 13.8. The lowest BCUT2D eigenvalue weighted by molar-refractivity contribution is 0.101. The van der Waals surface area contributed by atoms with E-state index < -0.39 is 0 Å². The molecule has 3 heterocycles. The summed E-state index contributed by atoms with van der Waals surface area (Å²) < 4.78 is 31.1. The molecule has 0 radical (unpaired) electrons. The smallest absolute Gasteiger partial charge is 0.272 e. The maximum atomic E-state index is 13.8. The maximum Gasteiger partial charge on any atom is 0.272 e. The predicted octanol–water partition coefficient (Wildman–Crippen LogP) is 5.18. The van der Waals surface area contributed by atoms with E-state index >= 15 is 0 Å². The van der Waals surface area contributed by atoms with Crippen molar-refractivity contribution in [2.75, 3.05) is 5.32 Å². The Kier molecular flexibility index (Phi) is 4.51. The van der Waals surface area contributed by atoms with Gasteiger partial charge in [0.25, 0.3) is 5.91 Å². The van der Waals surface area contributed by atoms with Crippen molar-refractivity contribution < 1.29 is 13.6 Å². The Labute approximate surface area is 176 Å². The first-order chi connectivity index (χ1) is 15.0. The highest BCUT2D eigenvalue weighted by atomic mass is 19.1. The molecule has 3 aromatic heterocycles. The lowest BCUT2D eigenvalue weighted by Gasteiger charge is -2.12. The molecule has 0 atom stereocenters. The number of benzene rings is 2. The number of nitrogens with one attached hydrogen (secondary N) is 1. The number of nitrogens with zero attached hydrogens (tertiary/aromatic N) is 3. The molecular formula is C24H18F2N4O. The van der Waals surface area contributed by atoms with Gasteiger partial charge in [-0.3, -0.25) is 4.79 Å². The molecule has 0 aliphatic rings. The predicted molar refractivity (Wildman–Crippen MR) is 115 cm³/mol. The Bertz CT molecular complexity index is 1450. The normalized spacial score (nSPS) is 11.3. The fourth-order valence-corrected chi connectivity index (χ4v) is 3.80. The fourth-order valence-electron chi connectivity index (χ4n) is 3.80. The summed E-state index contributed by atoms with van der Waals surface area (Å²) in [5.41, 5.74) is 3.93. The summed E-state index contributed by atoms with van der Waals surface area (Å²) in [6.07, 6.45) is 3.72. The van der Waals surface area contributed by atoms with Crippen LogP contribution in [0.15, 0.2) is 73.1 Å². The number of carbonyl (C=O) groups is 1. The molecule has 154 valence electrons. The molecule has 1 amide bonds. The van der Waals surface area contributed by atoms with Crippen LogP contribution in [0.3, 0.4) is 0 Å². The monoisotopic (exact) mass is 416 g/mol. The van der Waals surface area contributed by atoms with Crippen LogP contribution in [0.5, 0.6) is 0 Å². The van der Waals surface area contributed by atoms with Gasteiger partial charge in [-0.15, -0.1) is 0 Å². The molecule has 5 nitrogen and oxygen atoms in total. The highest BCUT2D eigenvalue weighted by Gasteiger charge is 2.17. The van der Waals surface area contributed by atoms with E-state index in [0.717, 1.165) is 11.3 Å². The first kappa shape index (κ1) is 19.0. The summed E-state index contributed by atoms with van der Waals surface area (Å²) in [4.78, 5) is 17.6. The lowest BCUT2D eigenvalue weighted by Crippen LogP contribution is -2.17. The van der Waals surface area contributed by atoms with Crippen LogP contribution in [0.2, 0.25) is 0 Å². The molecule has 31 heavy (non-hydrogen) atoms. The summed E-state index contributed by atoms with van der Waals surface area (Å²) in [5, 5.41) is 3.49.